The van der Waals surface area contributed by atoms with Crippen molar-refractivity contribution in [3.63, 3.8) is 0 Å². The Kier molecular flexibility index (Phi) is 5.49. The number of hydrogen-bond acceptors (Lipinski definition) is 4. The molecule has 1 aromatic heterocycles. The Morgan fingerprint density at radius 2 is 2.00 bits per heavy atom. The lowest BCUT2D eigenvalue weighted by molar-refractivity contribution is -0.139. The molecule has 0 N–H and O–H groups in total. The second-order valence-corrected chi connectivity index (χ2v) is 8.20. The monoisotopic (exact) mass is 359 g/mol. The molecule has 6 heteroatoms. The van der Waals surface area contributed by atoms with Crippen LogP contribution in [-0.4, -0.2) is 51.0 Å². The summed E-state index contributed by atoms with van der Waals surface area (Å²) in [4.78, 5) is 33.8. The first-order valence-electron chi connectivity index (χ1n) is 9.55. The number of likely N-dealkylation sites (tertiary alicyclic amines) is 1. The molecule has 6 nitrogen and oxygen atoms in total. The van der Waals surface area contributed by atoms with E-state index in [1.54, 1.807) is 11.1 Å². The van der Waals surface area contributed by atoms with E-state index in [0.29, 0.717) is 19.5 Å². The lowest BCUT2D eigenvalue weighted by Gasteiger charge is -2.38. The summed E-state index contributed by atoms with van der Waals surface area (Å²) >= 11 is 0. The standard InChI is InChI=1S/C20H29N3O3/c1-20(2,3)26-19(25)22-13-7-5-9-17(22)18(24)23(16-10-11-16)14-15-8-4-6-12-21-15/h4,6,8,12,16-17H,5,7,9-11,13-14H2,1-3H3/t17-/m0/s1. The highest BCUT2D eigenvalue weighted by Gasteiger charge is 2.41. The average Bonchev–Trinajstić information content (AvgIpc) is 3.43. The fourth-order valence-electron chi connectivity index (χ4n) is 3.36. The van der Waals surface area contributed by atoms with Crippen LogP contribution in [0.2, 0.25) is 0 Å². The van der Waals surface area contributed by atoms with Gasteiger partial charge in [-0.3, -0.25) is 14.7 Å². The number of carbonyl (C=O) groups excluding carboxylic acids is 2. The van der Waals surface area contributed by atoms with E-state index in [9.17, 15) is 9.59 Å². The molecule has 0 unspecified atom stereocenters. The Balaban J connectivity index is 1.74. The Labute approximate surface area is 155 Å². The van der Waals surface area contributed by atoms with Gasteiger partial charge >= 0.3 is 6.09 Å². The van der Waals surface area contributed by atoms with Gasteiger partial charge in [0, 0.05) is 18.8 Å². The maximum absolute atomic E-state index is 13.3. The first-order chi connectivity index (χ1) is 12.3. The highest BCUT2D eigenvalue weighted by atomic mass is 16.6. The summed E-state index contributed by atoms with van der Waals surface area (Å²) in [6, 6.07) is 5.59. The predicted octanol–water partition coefficient (Wildman–Crippen LogP) is 3.36. The molecule has 1 saturated carbocycles. The summed E-state index contributed by atoms with van der Waals surface area (Å²) in [6.45, 7) is 6.63. The zero-order valence-corrected chi connectivity index (χ0v) is 16.0. The molecule has 0 radical (unpaired) electrons. The minimum Gasteiger partial charge on any atom is -0.444 e. The van der Waals surface area contributed by atoms with E-state index in [0.717, 1.165) is 31.4 Å². The zero-order valence-electron chi connectivity index (χ0n) is 16.0. The number of pyridine rings is 1. The molecule has 1 atom stereocenters. The number of aromatic nitrogens is 1. The number of rotatable bonds is 4. The summed E-state index contributed by atoms with van der Waals surface area (Å²) in [5, 5.41) is 0. The molecule has 3 rings (SSSR count). The van der Waals surface area contributed by atoms with Gasteiger partial charge < -0.3 is 9.64 Å². The Hall–Kier alpha value is -2.11. The number of amides is 2. The van der Waals surface area contributed by atoms with Gasteiger partial charge in [-0.05, 0) is 65.0 Å². The second kappa shape index (κ2) is 7.64. The predicted molar refractivity (Wildman–Crippen MR) is 98.4 cm³/mol. The van der Waals surface area contributed by atoms with E-state index in [-0.39, 0.29) is 18.0 Å². The molecule has 1 aliphatic carbocycles. The van der Waals surface area contributed by atoms with Gasteiger partial charge in [-0.25, -0.2) is 4.79 Å². The van der Waals surface area contributed by atoms with Gasteiger partial charge in [0.25, 0.3) is 0 Å². The van der Waals surface area contributed by atoms with Crippen LogP contribution >= 0.6 is 0 Å². The van der Waals surface area contributed by atoms with Crippen molar-refractivity contribution >= 4 is 12.0 Å². The van der Waals surface area contributed by atoms with Crippen molar-refractivity contribution in [1.29, 1.82) is 0 Å². The van der Waals surface area contributed by atoms with Crippen molar-refractivity contribution < 1.29 is 14.3 Å². The summed E-state index contributed by atoms with van der Waals surface area (Å²) in [5.41, 5.74) is 0.319. The quantitative estimate of drug-likeness (QED) is 0.827. The fraction of sp³-hybridized carbons (Fsp3) is 0.650. The Bertz CT molecular complexity index is 637. The zero-order chi connectivity index (χ0) is 18.7. The maximum Gasteiger partial charge on any atom is 0.410 e. The van der Waals surface area contributed by atoms with Crippen molar-refractivity contribution in [2.75, 3.05) is 6.54 Å². The lowest BCUT2D eigenvalue weighted by Crippen LogP contribution is -2.54. The van der Waals surface area contributed by atoms with E-state index in [1.165, 1.54) is 0 Å². The van der Waals surface area contributed by atoms with E-state index < -0.39 is 11.6 Å². The molecule has 2 fully saturated rings. The molecule has 2 aliphatic rings. The lowest BCUT2D eigenvalue weighted by atomic mass is 10.0. The van der Waals surface area contributed by atoms with Crippen LogP contribution in [0.3, 0.4) is 0 Å². The van der Waals surface area contributed by atoms with Gasteiger partial charge in [0.2, 0.25) is 5.91 Å². The van der Waals surface area contributed by atoms with Gasteiger partial charge in [0.1, 0.15) is 11.6 Å². The van der Waals surface area contributed by atoms with E-state index >= 15 is 0 Å². The van der Waals surface area contributed by atoms with E-state index in [4.69, 9.17) is 4.74 Å². The molecule has 1 saturated heterocycles. The third kappa shape index (κ3) is 4.74. The number of hydrogen-bond donors (Lipinski definition) is 0. The maximum atomic E-state index is 13.3. The molecular weight excluding hydrogens is 330 g/mol. The van der Waals surface area contributed by atoms with Crippen LogP contribution in [-0.2, 0) is 16.1 Å². The van der Waals surface area contributed by atoms with Crippen molar-refractivity contribution in [3.05, 3.63) is 30.1 Å². The average molecular weight is 359 g/mol. The summed E-state index contributed by atoms with van der Waals surface area (Å²) in [5.74, 6) is 0.0312. The largest absolute Gasteiger partial charge is 0.444 e. The highest BCUT2D eigenvalue weighted by Crippen LogP contribution is 2.31. The molecular formula is C20H29N3O3. The highest BCUT2D eigenvalue weighted by molar-refractivity contribution is 5.86. The van der Waals surface area contributed by atoms with Crippen LogP contribution in [0.25, 0.3) is 0 Å². The minimum absolute atomic E-state index is 0.0312. The van der Waals surface area contributed by atoms with Gasteiger partial charge in [-0.15, -0.1) is 0 Å². The van der Waals surface area contributed by atoms with Crippen LogP contribution in [0.4, 0.5) is 4.79 Å². The first-order valence-corrected chi connectivity index (χ1v) is 9.55. The Morgan fingerprint density at radius 1 is 1.23 bits per heavy atom. The van der Waals surface area contributed by atoms with Crippen molar-refractivity contribution in [2.45, 2.75) is 77.1 Å². The van der Waals surface area contributed by atoms with Gasteiger partial charge in [-0.2, -0.15) is 0 Å². The van der Waals surface area contributed by atoms with Crippen molar-refractivity contribution in [3.8, 4) is 0 Å². The molecule has 1 aliphatic heterocycles. The van der Waals surface area contributed by atoms with Crippen LogP contribution in [0.5, 0.6) is 0 Å². The van der Waals surface area contributed by atoms with Crippen LogP contribution < -0.4 is 0 Å². The number of ether oxygens (including phenoxy) is 1. The first kappa shape index (κ1) is 18.7. The van der Waals surface area contributed by atoms with E-state index in [1.807, 2.05) is 43.9 Å². The molecule has 0 spiro atoms. The fourth-order valence-corrected chi connectivity index (χ4v) is 3.36. The molecule has 2 heterocycles. The normalized spacial score (nSPS) is 20.6. The molecule has 0 aromatic carbocycles. The number of piperidine rings is 1. The molecule has 0 bridgehead atoms. The SMILES string of the molecule is CC(C)(C)OC(=O)N1CCCC[C@H]1C(=O)N(Cc1ccccn1)C1CC1. The van der Waals surface area contributed by atoms with Gasteiger partial charge in [-0.1, -0.05) is 6.07 Å². The van der Waals surface area contributed by atoms with Crippen molar-refractivity contribution in [1.82, 2.24) is 14.8 Å². The topological polar surface area (TPSA) is 62.7 Å². The Morgan fingerprint density at radius 3 is 2.62 bits per heavy atom. The van der Waals surface area contributed by atoms with E-state index in [2.05, 4.69) is 4.98 Å². The van der Waals surface area contributed by atoms with Gasteiger partial charge in [0.15, 0.2) is 0 Å². The van der Waals surface area contributed by atoms with Crippen LogP contribution in [0.15, 0.2) is 24.4 Å². The smallest absolute Gasteiger partial charge is 0.410 e. The third-order valence-electron chi connectivity index (χ3n) is 4.75. The summed E-state index contributed by atoms with van der Waals surface area (Å²) < 4.78 is 5.54. The summed E-state index contributed by atoms with van der Waals surface area (Å²) in [6.07, 6.45) is 5.98. The van der Waals surface area contributed by atoms with Crippen LogP contribution in [0.1, 0.15) is 58.6 Å². The molecule has 1 aromatic rings. The molecule has 142 valence electrons. The second-order valence-electron chi connectivity index (χ2n) is 8.20. The summed E-state index contributed by atoms with van der Waals surface area (Å²) in [7, 11) is 0. The van der Waals surface area contributed by atoms with Crippen molar-refractivity contribution in [2.24, 2.45) is 0 Å². The number of nitrogens with zero attached hydrogens (tertiary/aromatic N) is 3. The molecule has 2 amide bonds. The van der Waals surface area contributed by atoms with Gasteiger partial charge in [0.05, 0.1) is 12.2 Å². The molecule has 26 heavy (non-hydrogen) atoms. The third-order valence-corrected chi connectivity index (χ3v) is 4.75. The number of carbonyl (C=O) groups is 2. The van der Waals surface area contributed by atoms with Crippen LogP contribution in [0, 0.1) is 0 Å². The minimum atomic E-state index is -0.563.